The van der Waals surface area contributed by atoms with Crippen LogP contribution in [0.3, 0.4) is 0 Å². The van der Waals surface area contributed by atoms with Gasteiger partial charge in [0.1, 0.15) is 0 Å². The Kier molecular flexibility index (Phi) is 4.05. The second kappa shape index (κ2) is 5.36. The van der Waals surface area contributed by atoms with Crippen LogP contribution in [0.25, 0.3) is 0 Å². The van der Waals surface area contributed by atoms with E-state index in [-0.39, 0.29) is 5.91 Å². The molecule has 0 atom stereocenters. The summed E-state index contributed by atoms with van der Waals surface area (Å²) >= 11 is 0. The van der Waals surface area contributed by atoms with Gasteiger partial charge in [-0.15, -0.1) is 0 Å². The molecule has 4 heteroatoms. The van der Waals surface area contributed by atoms with Crippen molar-refractivity contribution < 1.29 is 4.79 Å². The molecule has 2 aliphatic rings. The fourth-order valence-corrected chi connectivity index (χ4v) is 2.37. The molecule has 0 aromatic carbocycles. The average molecular weight is 239 g/mol. The van der Waals surface area contributed by atoms with Crippen molar-refractivity contribution in [2.24, 2.45) is 5.73 Å². The van der Waals surface area contributed by atoms with Gasteiger partial charge in [0.2, 0.25) is 5.91 Å². The van der Waals surface area contributed by atoms with Crippen molar-refractivity contribution >= 4 is 5.91 Å². The van der Waals surface area contributed by atoms with E-state index in [1.54, 1.807) is 0 Å². The number of piperidine rings is 1. The molecule has 1 aliphatic carbocycles. The molecule has 1 aliphatic heterocycles. The maximum absolute atomic E-state index is 11.8. The minimum atomic E-state index is -0.515. The number of rotatable bonds is 5. The number of carbonyl (C=O) groups excluding carboxylic acids is 1. The third-order valence-corrected chi connectivity index (χ3v) is 3.99. The van der Waals surface area contributed by atoms with Crippen LogP contribution in [0.1, 0.15) is 45.4 Å². The zero-order valence-corrected chi connectivity index (χ0v) is 10.9. The fourth-order valence-electron chi connectivity index (χ4n) is 2.37. The molecule has 1 saturated heterocycles. The van der Waals surface area contributed by atoms with Crippen molar-refractivity contribution in [1.29, 1.82) is 0 Å². The van der Waals surface area contributed by atoms with Crippen molar-refractivity contribution in [2.75, 3.05) is 19.6 Å². The lowest BCUT2D eigenvalue weighted by Crippen LogP contribution is -2.50. The SMILES string of the molecule is CCCCN1CCC(NC(=O)C2(N)CC2)CC1. The van der Waals surface area contributed by atoms with Gasteiger partial charge >= 0.3 is 0 Å². The van der Waals surface area contributed by atoms with Gasteiger partial charge in [0.25, 0.3) is 0 Å². The number of nitrogens with one attached hydrogen (secondary N) is 1. The lowest BCUT2D eigenvalue weighted by molar-refractivity contribution is -0.124. The number of nitrogens with zero attached hydrogens (tertiary/aromatic N) is 1. The van der Waals surface area contributed by atoms with Gasteiger partial charge in [-0.1, -0.05) is 13.3 Å². The summed E-state index contributed by atoms with van der Waals surface area (Å²) in [6.45, 7) is 5.66. The maximum Gasteiger partial charge on any atom is 0.240 e. The molecule has 0 bridgehead atoms. The van der Waals surface area contributed by atoms with Gasteiger partial charge in [0, 0.05) is 19.1 Å². The minimum absolute atomic E-state index is 0.0736. The molecule has 0 radical (unpaired) electrons. The van der Waals surface area contributed by atoms with Crippen molar-refractivity contribution in [3.63, 3.8) is 0 Å². The molecule has 0 unspecified atom stereocenters. The van der Waals surface area contributed by atoms with Gasteiger partial charge in [0.15, 0.2) is 0 Å². The van der Waals surface area contributed by atoms with E-state index in [1.165, 1.54) is 19.4 Å². The van der Waals surface area contributed by atoms with Gasteiger partial charge in [-0.2, -0.15) is 0 Å². The van der Waals surface area contributed by atoms with E-state index >= 15 is 0 Å². The lowest BCUT2D eigenvalue weighted by atomic mass is 10.0. The lowest BCUT2D eigenvalue weighted by Gasteiger charge is -2.32. The highest BCUT2D eigenvalue weighted by atomic mass is 16.2. The summed E-state index contributed by atoms with van der Waals surface area (Å²) in [7, 11) is 0. The Hall–Kier alpha value is -0.610. The van der Waals surface area contributed by atoms with Gasteiger partial charge in [0.05, 0.1) is 5.54 Å². The Morgan fingerprint density at radius 3 is 2.59 bits per heavy atom. The normalized spacial score (nSPS) is 24.6. The molecule has 2 fully saturated rings. The number of hydrogen-bond acceptors (Lipinski definition) is 3. The van der Waals surface area contributed by atoms with E-state index in [1.807, 2.05) is 0 Å². The van der Waals surface area contributed by atoms with Crippen molar-refractivity contribution in [3.05, 3.63) is 0 Å². The van der Waals surface area contributed by atoms with Gasteiger partial charge in [-0.25, -0.2) is 0 Å². The predicted molar refractivity (Wildman–Crippen MR) is 68.7 cm³/mol. The van der Waals surface area contributed by atoms with Crippen LogP contribution >= 0.6 is 0 Å². The predicted octanol–water partition coefficient (Wildman–Crippen LogP) is 0.858. The van der Waals surface area contributed by atoms with Crippen LogP contribution < -0.4 is 11.1 Å². The second-order valence-corrected chi connectivity index (χ2v) is 5.60. The molecule has 3 N–H and O–H groups in total. The van der Waals surface area contributed by atoms with E-state index < -0.39 is 5.54 Å². The van der Waals surface area contributed by atoms with E-state index in [2.05, 4.69) is 17.1 Å². The molecule has 0 aromatic rings. The molecule has 2 rings (SSSR count). The Morgan fingerprint density at radius 1 is 1.41 bits per heavy atom. The van der Waals surface area contributed by atoms with Crippen LogP contribution in [0.15, 0.2) is 0 Å². The molecular formula is C13H25N3O. The molecule has 4 nitrogen and oxygen atoms in total. The first-order valence-corrected chi connectivity index (χ1v) is 6.96. The van der Waals surface area contributed by atoms with Crippen LogP contribution in [-0.4, -0.2) is 42.0 Å². The van der Waals surface area contributed by atoms with E-state index in [0.29, 0.717) is 6.04 Å². The van der Waals surface area contributed by atoms with Gasteiger partial charge in [-0.3, -0.25) is 4.79 Å². The molecule has 1 heterocycles. The van der Waals surface area contributed by atoms with Gasteiger partial charge in [-0.05, 0) is 38.6 Å². The zero-order chi connectivity index (χ0) is 12.3. The van der Waals surface area contributed by atoms with Crippen LogP contribution in [0.5, 0.6) is 0 Å². The first kappa shape index (κ1) is 12.8. The maximum atomic E-state index is 11.8. The summed E-state index contributed by atoms with van der Waals surface area (Å²) in [6, 6.07) is 0.349. The zero-order valence-electron chi connectivity index (χ0n) is 10.9. The highest BCUT2D eigenvalue weighted by molar-refractivity contribution is 5.89. The molecule has 98 valence electrons. The summed E-state index contributed by atoms with van der Waals surface area (Å²) in [5, 5.41) is 3.11. The molecule has 0 spiro atoms. The molecule has 1 amide bonds. The molecule has 17 heavy (non-hydrogen) atoms. The number of carbonyl (C=O) groups is 1. The third-order valence-electron chi connectivity index (χ3n) is 3.99. The van der Waals surface area contributed by atoms with Crippen molar-refractivity contribution in [3.8, 4) is 0 Å². The second-order valence-electron chi connectivity index (χ2n) is 5.60. The highest BCUT2D eigenvalue weighted by Gasteiger charge is 2.46. The summed E-state index contributed by atoms with van der Waals surface area (Å²) in [5.74, 6) is 0.0736. The Bertz CT molecular complexity index is 268. The highest BCUT2D eigenvalue weighted by Crippen LogP contribution is 2.32. The van der Waals surface area contributed by atoms with Crippen molar-refractivity contribution in [1.82, 2.24) is 10.2 Å². The Balaban J connectivity index is 1.67. The van der Waals surface area contributed by atoms with Crippen LogP contribution in [0.4, 0.5) is 0 Å². The standard InChI is InChI=1S/C13H25N3O/c1-2-3-8-16-9-4-11(5-10-16)15-12(17)13(14)6-7-13/h11H,2-10,14H2,1H3,(H,15,17). The average Bonchev–Trinajstić information content (AvgIpc) is 3.08. The molecule has 0 aromatic heterocycles. The third kappa shape index (κ3) is 3.42. The summed E-state index contributed by atoms with van der Waals surface area (Å²) in [6.07, 6.45) is 6.40. The fraction of sp³-hybridized carbons (Fsp3) is 0.923. The number of unbranched alkanes of at least 4 members (excludes halogenated alkanes) is 1. The largest absolute Gasteiger partial charge is 0.352 e. The van der Waals surface area contributed by atoms with Crippen molar-refractivity contribution in [2.45, 2.75) is 57.0 Å². The topological polar surface area (TPSA) is 58.4 Å². The Labute approximate surface area is 104 Å². The summed E-state index contributed by atoms with van der Waals surface area (Å²) < 4.78 is 0. The Morgan fingerprint density at radius 2 is 2.06 bits per heavy atom. The van der Waals surface area contributed by atoms with Gasteiger partial charge < -0.3 is 16.0 Å². The molecule has 1 saturated carbocycles. The van der Waals surface area contributed by atoms with E-state index in [4.69, 9.17) is 5.73 Å². The monoisotopic (exact) mass is 239 g/mol. The number of amides is 1. The number of nitrogens with two attached hydrogens (primary N) is 1. The summed E-state index contributed by atoms with van der Waals surface area (Å²) in [5.41, 5.74) is 5.36. The quantitative estimate of drug-likeness (QED) is 0.748. The molecular weight excluding hydrogens is 214 g/mol. The van der Waals surface area contributed by atoms with E-state index in [0.717, 1.165) is 38.8 Å². The number of hydrogen-bond donors (Lipinski definition) is 2. The van der Waals surface area contributed by atoms with Crippen LogP contribution in [-0.2, 0) is 4.79 Å². The first-order chi connectivity index (χ1) is 8.14. The van der Waals surface area contributed by atoms with Crippen LogP contribution in [0.2, 0.25) is 0 Å². The first-order valence-electron chi connectivity index (χ1n) is 6.96. The van der Waals surface area contributed by atoms with Crippen LogP contribution in [0, 0.1) is 0 Å². The number of likely N-dealkylation sites (tertiary alicyclic amines) is 1. The summed E-state index contributed by atoms with van der Waals surface area (Å²) in [4.78, 5) is 14.3. The van der Waals surface area contributed by atoms with E-state index in [9.17, 15) is 4.79 Å². The smallest absolute Gasteiger partial charge is 0.240 e. The minimum Gasteiger partial charge on any atom is -0.352 e.